The van der Waals surface area contributed by atoms with E-state index in [0.29, 0.717) is 17.8 Å². The molecule has 0 N–H and O–H groups in total. The SMILES string of the molecule is CN(c1cccc(OC(F)(F)F)c1)c1ncc(CO[C@@H]2COc3nc([N+](=O)[O-])cn3C2)cn1. The molecular weight excluding hydrogens is 449 g/mol. The van der Waals surface area contributed by atoms with Crippen LogP contribution in [-0.2, 0) is 17.9 Å². The van der Waals surface area contributed by atoms with Crippen molar-refractivity contribution in [2.45, 2.75) is 25.6 Å². The van der Waals surface area contributed by atoms with E-state index in [1.165, 1.54) is 46.3 Å². The summed E-state index contributed by atoms with van der Waals surface area (Å²) in [6, 6.07) is 5.63. The predicted octanol–water partition coefficient (Wildman–Crippen LogP) is 3.23. The van der Waals surface area contributed by atoms with Gasteiger partial charge in [0, 0.05) is 41.7 Å². The zero-order valence-corrected chi connectivity index (χ0v) is 17.1. The summed E-state index contributed by atoms with van der Waals surface area (Å²) in [5.74, 6) is -0.383. The molecule has 4 rings (SSSR count). The summed E-state index contributed by atoms with van der Waals surface area (Å²) < 4.78 is 54.0. The fourth-order valence-electron chi connectivity index (χ4n) is 3.07. The van der Waals surface area contributed by atoms with Crippen LogP contribution in [0.25, 0.3) is 0 Å². The number of nitrogens with zero attached hydrogens (tertiary/aromatic N) is 6. The molecule has 1 aromatic carbocycles. The molecule has 0 amide bonds. The molecule has 1 aliphatic heterocycles. The van der Waals surface area contributed by atoms with Gasteiger partial charge in [0.15, 0.2) is 0 Å². The van der Waals surface area contributed by atoms with Crippen molar-refractivity contribution in [2.24, 2.45) is 0 Å². The Kier molecular flexibility index (Phi) is 6.00. The zero-order chi connectivity index (χ0) is 23.6. The van der Waals surface area contributed by atoms with E-state index in [1.807, 2.05) is 0 Å². The molecule has 174 valence electrons. The highest BCUT2D eigenvalue weighted by molar-refractivity contribution is 5.58. The van der Waals surface area contributed by atoms with Gasteiger partial charge in [-0.1, -0.05) is 6.07 Å². The Morgan fingerprint density at radius 3 is 2.79 bits per heavy atom. The third kappa shape index (κ3) is 5.46. The van der Waals surface area contributed by atoms with E-state index in [1.54, 1.807) is 13.1 Å². The number of alkyl halides is 3. The average molecular weight is 466 g/mol. The molecule has 0 spiro atoms. The summed E-state index contributed by atoms with van der Waals surface area (Å²) in [5.41, 5.74) is 1.06. The van der Waals surface area contributed by atoms with Crippen LogP contribution in [0, 0.1) is 10.1 Å². The van der Waals surface area contributed by atoms with Crippen LogP contribution >= 0.6 is 0 Å². The van der Waals surface area contributed by atoms with Crippen LogP contribution in [-0.4, -0.2) is 50.6 Å². The second kappa shape index (κ2) is 8.90. The topological polar surface area (TPSA) is 118 Å². The summed E-state index contributed by atoms with van der Waals surface area (Å²) >= 11 is 0. The van der Waals surface area contributed by atoms with E-state index in [4.69, 9.17) is 9.47 Å². The standard InChI is InChI=1S/C19H17F3N6O5/c1-26(13-3-2-4-14(5-13)33-19(20,21)22)17-23-6-12(7-24-17)10-31-15-8-27-9-16(28(29)30)25-18(27)32-11-15/h2-7,9,15H,8,10-11H2,1H3/t15-/m0/s1. The van der Waals surface area contributed by atoms with Crippen molar-refractivity contribution in [2.75, 3.05) is 18.6 Å². The van der Waals surface area contributed by atoms with Gasteiger partial charge < -0.3 is 29.2 Å². The number of halogens is 3. The molecule has 1 aliphatic rings. The summed E-state index contributed by atoms with van der Waals surface area (Å²) in [5, 5.41) is 10.8. The third-order valence-corrected chi connectivity index (χ3v) is 4.63. The Morgan fingerprint density at radius 1 is 1.33 bits per heavy atom. The lowest BCUT2D eigenvalue weighted by molar-refractivity contribution is -0.389. The number of imidazole rings is 1. The van der Waals surface area contributed by atoms with Crippen LogP contribution in [0.5, 0.6) is 11.8 Å². The Morgan fingerprint density at radius 2 is 2.09 bits per heavy atom. The molecule has 14 heteroatoms. The first kappa shape index (κ1) is 22.3. The highest BCUT2D eigenvalue weighted by atomic mass is 19.4. The average Bonchev–Trinajstić information content (AvgIpc) is 3.20. The lowest BCUT2D eigenvalue weighted by atomic mass is 10.3. The van der Waals surface area contributed by atoms with Crippen molar-refractivity contribution in [3.8, 4) is 11.8 Å². The molecule has 0 bridgehead atoms. The van der Waals surface area contributed by atoms with Gasteiger partial charge in [0.2, 0.25) is 5.95 Å². The molecule has 11 nitrogen and oxygen atoms in total. The quantitative estimate of drug-likeness (QED) is 0.382. The minimum Gasteiger partial charge on any atom is -0.443 e. The van der Waals surface area contributed by atoms with Gasteiger partial charge in [-0.3, -0.25) is 4.57 Å². The third-order valence-electron chi connectivity index (χ3n) is 4.63. The lowest BCUT2D eigenvalue weighted by Crippen LogP contribution is -2.32. The van der Waals surface area contributed by atoms with Crippen LogP contribution in [0.15, 0.2) is 42.9 Å². The van der Waals surface area contributed by atoms with Crippen LogP contribution in [0.2, 0.25) is 0 Å². The minimum absolute atomic E-state index is 0.166. The molecule has 2 aromatic heterocycles. The molecule has 0 radical (unpaired) electrons. The lowest BCUT2D eigenvalue weighted by Gasteiger charge is -2.22. The van der Waals surface area contributed by atoms with Gasteiger partial charge in [-0.05, 0) is 17.1 Å². The van der Waals surface area contributed by atoms with E-state index < -0.39 is 11.3 Å². The van der Waals surface area contributed by atoms with Crippen LogP contribution in [0.3, 0.4) is 0 Å². The van der Waals surface area contributed by atoms with E-state index in [2.05, 4.69) is 19.7 Å². The first-order chi connectivity index (χ1) is 15.7. The van der Waals surface area contributed by atoms with Gasteiger partial charge in [-0.2, -0.15) is 0 Å². The first-order valence-electron chi connectivity index (χ1n) is 9.54. The smallest absolute Gasteiger partial charge is 0.443 e. The van der Waals surface area contributed by atoms with Crippen LogP contribution in [0.1, 0.15) is 5.56 Å². The van der Waals surface area contributed by atoms with Crippen molar-refractivity contribution in [1.82, 2.24) is 19.5 Å². The highest BCUT2D eigenvalue weighted by Gasteiger charge is 2.31. The second-order valence-electron chi connectivity index (χ2n) is 7.03. The Hall–Kier alpha value is -3.94. The predicted molar refractivity (Wildman–Crippen MR) is 106 cm³/mol. The van der Waals surface area contributed by atoms with E-state index in [-0.39, 0.29) is 42.8 Å². The summed E-state index contributed by atoms with van der Waals surface area (Å²) in [6.07, 6.45) is -0.789. The number of ether oxygens (including phenoxy) is 3. The Labute approximate surface area is 184 Å². The normalized spacial score (nSPS) is 15.5. The number of anilines is 2. The molecule has 33 heavy (non-hydrogen) atoms. The maximum absolute atomic E-state index is 12.4. The van der Waals surface area contributed by atoms with Crippen molar-refractivity contribution in [3.05, 3.63) is 58.5 Å². The van der Waals surface area contributed by atoms with Gasteiger partial charge >= 0.3 is 18.2 Å². The fraction of sp³-hybridized carbons (Fsp3) is 0.316. The summed E-state index contributed by atoms with van der Waals surface area (Å²) in [7, 11) is 1.61. The van der Waals surface area contributed by atoms with Crippen LogP contribution < -0.4 is 14.4 Å². The number of benzene rings is 1. The van der Waals surface area contributed by atoms with Gasteiger partial charge in [-0.15, -0.1) is 13.2 Å². The molecule has 0 saturated heterocycles. The second-order valence-corrected chi connectivity index (χ2v) is 7.03. The molecule has 0 unspecified atom stereocenters. The van der Waals surface area contributed by atoms with E-state index in [0.717, 1.165) is 0 Å². The number of fused-ring (bicyclic) bond motifs is 1. The number of nitro groups is 1. The zero-order valence-electron chi connectivity index (χ0n) is 17.1. The monoisotopic (exact) mass is 466 g/mol. The molecule has 0 saturated carbocycles. The highest BCUT2D eigenvalue weighted by Crippen LogP contribution is 2.28. The first-order valence-corrected chi connectivity index (χ1v) is 9.54. The van der Waals surface area contributed by atoms with Crippen molar-refractivity contribution >= 4 is 17.5 Å². The summed E-state index contributed by atoms with van der Waals surface area (Å²) in [6.45, 7) is 0.694. The largest absolute Gasteiger partial charge is 0.573 e. The van der Waals surface area contributed by atoms with Crippen LogP contribution in [0.4, 0.5) is 30.6 Å². The van der Waals surface area contributed by atoms with Gasteiger partial charge in [0.05, 0.1) is 13.2 Å². The number of hydrogen-bond donors (Lipinski definition) is 0. The van der Waals surface area contributed by atoms with Crippen molar-refractivity contribution in [1.29, 1.82) is 0 Å². The minimum atomic E-state index is -4.78. The maximum Gasteiger partial charge on any atom is 0.573 e. The number of rotatable bonds is 7. The molecule has 3 heterocycles. The molecule has 1 atom stereocenters. The molecule has 3 aromatic rings. The Balaban J connectivity index is 1.35. The van der Waals surface area contributed by atoms with Gasteiger partial charge in [0.25, 0.3) is 0 Å². The number of aromatic nitrogens is 4. The van der Waals surface area contributed by atoms with Gasteiger partial charge in [0.1, 0.15) is 24.7 Å². The van der Waals surface area contributed by atoms with Crippen molar-refractivity contribution in [3.63, 3.8) is 0 Å². The van der Waals surface area contributed by atoms with Crippen molar-refractivity contribution < 1.29 is 32.3 Å². The van der Waals surface area contributed by atoms with Gasteiger partial charge in [-0.25, -0.2) is 9.97 Å². The number of hydrogen-bond acceptors (Lipinski definition) is 9. The molecule has 0 fully saturated rings. The Bertz CT molecular complexity index is 1140. The maximum atomic E-state index is 12.4. The molecule has 0 aliphatic carbocycles. The van der Waals surface area contributed by atoms with E-state index in [9.17, 15) is 23.3 Å². The summed E-state index contributed by atoms with van der Waals surface area (Å²) in [4.78, 5) is 24.0. The molecular formula is C19H17F3N6O5. The van der Waals surface area contributed by atoms with E-state index >= 15 is 0 Å². The fourth-order valence-corrected chi connectivity index (χ4v) is 3.07.